The third-order valence-electron chi connectivity index (χ3n) is 3.06. The number of hydrogen-bond acceptors (Lipinski definition) is 3. The van der Waals surface area contributed by atoms with E-state index < -0.39 is 5.78 Å². The van der Waals surface area contributed by atoms with Crippen LogP contribution in [0.15, 0.2) is 54.6 Å². The molecular formula is C15H10N2O2. The van der Waals surface area contributed by atoms with Gasteiger partial charge in [-0.25, -0.2) is 0 Å². The van der Waals surface area contributed by atoms with Crippen molar-refractivity contribution in [3.05, 3.63) is 65.7 Å². The number of rotatable bonds is 1. The van der Waals surface area contributed by atoms with Crippen molar-refractivity contribution >= 4 is 23.2 Å². The molecule has 1 aliphatic rings. The van der Waals surface area contributed by atoms with Gasteiger partial charge >= 0.3 is 0 Å². The Bertz CT molecular complexity index is 692. The lowest BCUT2D eigenvalue weighted by atomic mass is 9.96. The normalized spacial score (nSPS) is 14.5. The molecule has 4 heteroatoms. The molecule has 4 nitrogen and oxygen atoms in total. The summed E-state index contributed by atoms with van der Waals surface area (Å²) in [6.45, 7) is 0. The van der Waals surface area contributed by atoms with E-state index in [1.807, 2.05) is 6.07 Å². The Kier molecular flexibility index (Phi) is 2.49. The fraction of sp³-hybridized carbons (Fsp3) is 0. The molecule has 0 spiro atoms. The van der Waals surface area contributed by atoms with Crippen LogP contribution in [0.1, 0.15) is 20.7 Å². The summed E-state index contributed by atoms with van der Waals surface area (Å²) < 4.78 is 0. The number of amidine groups is 1. The summed E-state index contributed by atoms with van der Waals surface area (Å²) in [5.74, 6) is -1.08. The first-order chi connectivity index (χ1) is 9.20. The van der Waals surface area contributed by atoms with Crippen molar-refractivity contribution in [1.82, 2.24) is 0 Å². The first-order valence-electron chi connectivity index (χ1n) is 5.82. The molecule has 1 N–H and O–H groups in total. The lowest BCUT2D eigenvalue weighted by molar-refractivity contribution is 0.0966. The largest absolute Gasteiger partial charge is 0.285 e. The number of para-hydroxylation sites is 1. The maximum absolute atomic E-state index is 12.4. The average molecular weight is 250 g/mol. The maximum Gasteiger partial charge on any atom is 0.264 e. The molecule has 2 aromatic rings. The fourth-order valence-electron chi connectivity index (χ4n) is 2.14. The molecule has 1 heterocycles. The Morgan fingerprint density at radius 2 is 1.37 bits per heavy atom. The van der Waals surface area contributed by atoms with E-state index in [9.17, 15) is 9.59 Å². The minimum absolute atomic E-state index is 0.296. The van der Waals surface area contributed by atoms with Gasteiger partial charge in [0.15, 0.2) is 5.84 Å². The minimum atomic E-state index is -0.431. The molecule has 0 bridgehead atoms. The van der Waals surface area contributed by atoms with Crippen molar-refractivity contribution in [2.75, 3.05) is 4.90 Å². The van der Waals surface area contributed by atoms with Crippen molar-refractivity contribution in [3.8, 4) is 0 Å². The molecule has 0 aromatic heterocycles. The Morgan fingerprint density at radius 3 is 2.05 bits per heavy atom. The van der Waals surface area contributed by atoms with Crippen LogP contribution in [0.2, 0.25) is 0 Å². The predicted octanol–water partition coefficient (Wildman–Crippen LogP) is 2.51. The van der Waals surface area contributed by atoms with Gasteiger partial charge in [0.2, 0.25) is 5.78 Å². The van der Waals surface area contributed by atoms with Crippen LogP contribution in [0, 0.1) is 5.41 Å². The Hall–Kier alpha value is -2.75. The van der Waals surface area contributed by atoms with Crippen LogP contribution in [-0.2, 0) is 0 Å². The summed E-state index contributed by atoms with van der Waals surface area (Å²) in [5, 5.41) is 7.91. The molecule has 0 unspecified atom stereocenters. The highest BCUT2D eigenvalue weighted by Gasteiger charge is 2.35. The highest BCUT2D eigenvalue weighted by atomic mass is 16.2. The number of nitrogens with one attached hydrogen (secondary N) is 1. The zero-order valence-electron chi connectivity index (χ0n) is 9.96. The summed E-state index contributed by atoms with van der Waals surface area (Å²) in [6.07, 6.45) is 0. The third-order valence-corrected chi connectivity index (χ3v) is 3.06. The number of Topliss-reactive ketones (excluding diaryl/α,β-unsaturated/α-hetero) is 1. The average Bonchev–Trinajstić information content (AvgIpc) is 2.46. The molecule has 0 atom stereocenters. The van der Waals surface area contributed by atoms with Crippen molar-refractivity contribution in [2.24, 2.45) is 0 Å². The zero-order valence-corrected chi connectivity index (χ0v) is 9.96. The first kappa shape index (κ1) is 11.3. The van der Waals surface area contributed by atoms with Gasteiger partial charge in [0.05, 0.1) is 11.3 Å². The standard InChI is InChI=1S/C15H10N2O2/c16-14-13(18)11-8-4-5-9-12(11)15(19)17(14)10-6-2-1-3-7-10/h1-9,16H. The van der Waals surface area contributed by atoms with E-state index in [4.69, 9.17) is 5.41 Å². The van der Waals surface area contributed by atoms with Gasteiger partial charge < -0.3 is 0 Å². The van der Waals surface area contributed by atoms with Crippen LogP contribution in [0.3, 0.4) is 0 Å². The summed E-state index contributed by atoms with van der Waals surface area (Å²) in [5.41, 5.74) is 1.16. The lowest BCUT2D eigenvalue weighted by Gasteiger charge is -2.27. The first-order valence-corrected chi connectivity index (χ1v) is 5.82. The van der Waals surface area contributed by atoms with Gasteiger partial charge in [0.1, 0.15) is 0 Å². The molecule has 0 radical (unpaired) electrons. The van der Waals surface area contributed by atoms with E-state index in [1.165, 1.54) is 0 Å². The second-order valence-electron chi connectivity index (χ2n) is 4.20. The van der Waals surface area contributed by atoms with Crippen LogP contribution < -0.4 is 4.90 Å². The van der Waals surface area contributed by atoms with E-state index in [0.29, 0.717) is 16.8 Å². The number of hydrogen-bond donors (Lipinski definition) is 1. The minimum Gasteiger partial charge on any atom is -0.285 e. The Morgan fingerprint density at radius 1 is 0.789 bits per heavy atom. The number of anilines is 1. The van der Waals surface area contributed by atoms with Crippen LogP contribution >= 0.6 is 0 Å². The fourth-order valence-corrected chi connectivity index (χ4v) is 2.14. The second kappa shape index (κ2) is 4.17. The molecular weight excluding hydrogens is 240 g/mol. The van der Waals surface area contributed by atoms with Gasteiger partial charge in [-0.2, -0.15) is 0 Å². The second-order valence-corrected chi connectivity index (χ2v) is 4.20. The van der Waals surface area contributed by atoms with Crippen molar-refractivity contribution in [1.29, 1.82) is 5.41 Å². The molecule has 0 saturated carbocycles. The molecule has 0 fully saturated rings. The number of amides is 1. The van der Waals surface area contributed by atoms with Crippen molar-refractivity contribution in [3.63, 3.8) is 0 Å². The van der Waals surface area contributed by atoms with E-state index in [-0.39, 0.29) is 11.7 Å². The van der Waals surface area contributed by atoms with Crippen molar-refractivity contribution < 1.29 is 9.59 Å². The SMILES string of the molecule is N=C1C(=O)c2ccccc2C(=O)N1c1ccccc1. The topological polar surface area (TPSA) is 61.2 Å². The van der Waals surface area contributed by atoms with Crippen LogP contribution in [0.4, 0.5) is 5.69 Å². The van der Waals surface area contributed by atoms with Crippen LogP contribution in [0.25, 0.3) is 0 Å². The van der Waals surface area contributed by atoms with E-state index in [1.54, 1.807) is 48.5 Å². The number of ketones is 1. The smallest absolute Gasteiger partial charge is 0.264 e. The molecule has 3 rings (SSSR count). The number of carbonyl (C=O) groups is 2. The Balaban J connectivity index is 2.18. The number of nitrogens with zero attached hydrogens (tertiary/aromatic N) is 1. The van der Waals surface area contributed by atoms with Gasteiger partial charge in [-0.1, -0.05) is 36.4 Å². The van der Waals surface area contributed by atoms with Gasteiger partial charge in [-0.15, -0.1) is 0 Å². The molecule has 92 valence electrons. The van der Waals surface area contributed by atoms with E-state index in [2.05, 4.69) is 0 Å². The molecule has 0 aliphatic carbocycles. The molecule has 19 heavy (non-hydrogen) atoms. The number of benzene rings is 2. The third kappa shape index (κ3) is 1.65. The number of fused-ring (bicyclic) bond motifs is 1. The van der Waals surface area contributed by atoms with E-state index in [0.717, 1.165) is 4.90 Å². The molecule has 1 amide bonds. The lowest BCUT2D eigenvalue weighted by Crippen LogP contribution is -2.46. The molecule has 0 saturated heterocycles. The highest BCUT2D eigenvalue weighted by molar-refractivity contribution is 6.56. The van der Waals surface area contributed by atoms with Gasteiger partial charge in [-0.3, -0.25) is 19.9 Å². The summed E-state index contributed by atoms with van der Waals surface area (Å²) in [4.78, 5) is 25.7. The van der Waals surface area contributed by atoms with Gasteiger partial charge in [0, 0.05) is 5.56 Å². The summed E-state index contributed by atoms with van der Waals surface area (Å²) >= 11 is 0. The quantitative estimate of drug-likeness (QED) is 0.845. The summed E-state index contributed by atoms with van der Waals surface area (Å²) in [6, 6.07) is 15.3. The van der Waals surface area contributed by atoms with E-state index >= 15 is 0 Å². The molecule has 1 aliphatic heterocycles. The highest BCUT2D eigenvalue weighted by Crippen LogP contribution is 2.25. The maximum atomic E-state index is 12.4. The zero-order chi connectivity index (χ0) is 13.4. The monoisotopic (exact) mass is 250 g/mol. The van der Waals surface area contributed by atoms with Gasteiger partial charge in [-0.05, 0) is 18.2 Å². The van der Waals surface area contributed by atoms with Gasteiger partial charge in [0.25, 0.3) is 5.91 Å². The van der Waals surface area contributed by atoms with Crippen LogP contribution in [0.5, 0.6) is 0 Å². The summed E-state index contributed by atoms with van der Waals surface area (Å²) in [7, 11) is 0. The van der Waals surface area contributed by atoms with Crippen LogP contribution in [-0.4, -0.2) is 17.5 Å². The Labute approximate surface area is 109 Å². The molecule has 2 aromatic carbocycles. The number of carbonyl (C=O) groups excluding carboxylic acids is 2. The van der Waals surface area contributed by atoms with Crippen molar-refractivity contribution in [2.45, 2.75) is 0 Å². The predicted molar refractivity (Wildman–Crippen MR) is 71.8 cm³/mol.